The van der Waals surface area contributed by atoms with Crippen molar-refractivity contribution in [1.82, 2.24) is 19.7 Å². The predicted molar refractivity (Wildman–Crippen MR) is 107 cm³/mol. The average molecular weight is 398 g/mol. The van der Waals surface area contributed by atoms with E-state index < -0.39 is 0 Å². The van der Waals surface area contributed by atoms with Crippen LogP contribution < -0.4 is 10.1 Å². The Balaban J connectivity index is 1.28. The van der Waals surface area contributed by atoms with Gasteiger partial charge in [0.05, 0.1) is 12.6 Å². The van der Waals surface area contributed by atoms with E-state index in [4.69, 9.17) is 16.3 Å². The first kappa shape index (κ1) is 18.5. The number of aromatic nitrogens is 3. The SMILES string of the molecule is O=C(CN1CC[C@@H](n2cncn2)C1)Nc1ccc(Oc2cccc(Cl)c2)cc1. The van der Waals surface area contributed by atoms with E-state index in [0.717, 1.165) is 25.2 Å². The fraction of sp³-hybridized carbons (Fsp3) is 0.250. The second-order valence-electron chi connectivity index (χ2n) is 6.69. The maximum Gasteiger partial charge on any atom is 0.238 e. The molecule has 0 bridgehead atoms. The molecule has 8 heteroatoms. The van der Waals surface area contributed by atoms with Gasteiger partial charge in [-0.3, -0.25) is 9.69 Å². The summed E-state index contributed by atoms with van der Waals surface area (Å²) in [4.78, 5) is 18.4. The molecule has 1 amide bonds. The summed E-state index contributed by atoms with van der Waals surface area (Å²) < 4.78 is 7.61. The fourth-order valence-corrected chi connectivity index (χ4v) is 3.43. The normalized spacial score (nSPS) is 16.8. The number of hydrogen-bond acceptors (Lipinski definition) is 5. The zero-order chi connectivity index (χ0) is 19.3. The van der Waals surface area contributed by atoms with Gasteiger partial charge in [-0.2, -0.15) is 5.10 Å². The summed E-state index contributed by atoms with van der Waals surface area (Å²) in [7, 11) is 0. The fourth-order valence-electron chi connectivity index (χ4n) is 3.25. The van der Waals surface area contributed by atoms with E-state index in [0.29, 0.717) is 23.1 Å². The summed E-state index contributed by atoms with van der Waals surface area (Å²) >= 11 is 5.96. The van der Waals surface area contributed by atoms with E-state index in [1.807, 2.05) is 41.1 Å². The van der Waals surface area contributed by atoms with Crippen LogP contribution in [-0.4, -0.2) is 45.2 Å². The summed E-state index contributed by atoms with van der Waals surface area (Å²) in [5, 5.41) is 7.73. The molecule has 7 nitrogen and oxygen atoms in total. The molecule has 1 aliphatic heterocycles. The van der Waals surface area contributed by atoms with Crippen molar-refractivity contribution in [2.45, 2.75) is 12.5 Å². The van der Waals surface area contributed by atoms with Crippen LogP contribution >= 0.6 is 11.6 Å². The lowest BCUT2D eigenvalue weighted by atomic mass is 10.3. The van der Waals surface area contributed by atoms with E-state index in [1.165, 1.54) is 6.33 Å². The standard InChI is InChI=1S/C20H20ClN5O2/c21-15-2-1-3-19(10-15)28-18-6-4-16(5-7-18)24-20(27)12-25-9-8-17(11-25)26-14-22-13-23-26/h1-7,10,13-14,17H,8-9,11-12H2,(H,24,27)/t17-/m1/s1. The maximum absolute atomic E-state index is 12.3. The summed E-state index contributed by atoms with van der Waals surface area (Å²) in [5.41, 5.74) is 0.732. The Morgan fingerprint density at radius 3 is 2.82 bits per heavy atom. The summed E-state index contributed by atoms with van der Waals surface area (Å²) in [5.74, 6) is 1.30. The minimum absolute atomic E-state index is 0.0391. The largest absolute Gasteiger partial charge is 0.457 e. The molecular formula is C20H20ClN5O2. The number of carbonyl (C=O) groups excluding carboxylic acids is 1. The highest BCUT2D eigenvalue weighted by atomic mass is 35.5. The van der Waals surface area contributed by atoms with Gasteiger partial charge < -0.3 is 10.1 Å². The number of rotatable bonds is 6. The first-order valence-electron chi connectivity index (χ1n) is 9.05. The molecule has 1 atom stereocenters. The van der Waals surface area contributed by atoms with Crippen molar-refractivity contribution in [2.24, 2.45) is 0 Å². The second-order valence-corrected chi connectivity index (χ2v) is 7.12. The quantitative estimate of drug-likeness (QED) is 0.687. The van der Waals surface area contributed by atoms with E-state index in [2.05, 4.69) is 20.3 Å². The lowest BCUT2D eigenvalue weighted by Crippen LogP contribution is -2.31. The molecule has 0 saturated carbocycles. The van der Waals surface area contributed by atoms with E-state index in [9.17, 15) is 4.79 Å². The Morgan fingerprint density at radius 1 is 1.21 bits per heavy atom. The zero-order valence-electron chi connectivity index (χ0n) is 15.2. The molecule has 0 spiro atoms. The molecule has 4 rings (SSSR count). The number of likely N-dealkylation sites (tertiary alicyclic amines) is 1. The molecule has 3 aromatic rings. The highest BCUT2D eigenvalue weighted by Crippen LogP contribution is 2.25. The third kappa shape index (κ3) is 4.68. The van der Waals surface area contributed by atoms with Gasteiger partial charge in [0.15, 0.2) is 0 Å². The minimum Gasteiger partial charge on any atom is -0.457 e. The van der Waals surface area contributed by atoms with Gasteiger partial charge >= 0.3 is 0 Å². The van der Waals surface area contributed by atoms with Crippen molar-refractivity contribution < 1.29 is 9.53 Å². The Hall–Kier alpha value is -2.90. The molecule has 2 heterocycles. The molecule has 1 saturated heterocycles. The Morgan fingerprint density at radius 2 is 2.07 bits per heavy atom. The number of ether oxygens (including phenoxy) is 1. The van der Waals surface area contributed by atoms with Crippen LogP contribution in [0.1, 0.15) is 12.5 Å². The molecule has 1 fully saturated rings. The lowest BCUT2D eigenvalue weighted by molar-refractivity contribution is -0.117. The third-order valence-electron chi connectivity index (χ3n) is 4.60. The van der Waals surface area contributed by atoms with Crippen molar-refractivity contribution in [3.63, 3.8) is 0 Å². The molecule has 144 valence electrons. The summed E-state index contributed by atoms with van der Waals surface area (Å²) in [6, 6.07) is 14.8. The molecule has 0 aliphatic carbocycles. The van der Waals surface area contributed by atoms with Crippen LogP contribution in [0, 0.1) is 0 Å². The Labute approximate surface area is 167 Å². The highest BCUT2D eigenvalue weighted by Gasteiger charge is 2.25. The van der Waals surface area contributed by atoms with E-state index >= 15 is 0 Å². The van der Waals surface area contributed by atoms with Crippen molar-refractivity contribution >= 4 is 23.2 Å². The molecule has 1 aromatic heterocycles. The van der Waals surface area contributed by atoms with Crippen LogP contribution in [0.15, 0.2) is 61.2 Å². The van der Waals surface area contributed by atoms with Gasteiger partial charge in [-0.25, -0.2) is 9.67 Å². The number of nitrogens with zero attached hydrogens (tertiary/aromatic N) is 4. The van der Waals surface area contributed by atoms with Gasteiger partial charge in [0, 0.05) is 23.8 Å². The smallest absolute Gasteiger partial charge is 0.238 e. The first-order chi connectivity index (χ1) is 13.7. The summed E-state index contributed by atoms with van der Waals surface area (Å²) in [6.45, 7) is 2.01. The number of nitrogens with one attached hydrogen (secondary N) is 1. The number of amides is 1. The van der Waals surface area contributed by atoms with Crippen LogP contribution in [0.25, 0.3) is 0 Å². The van der Waals surface area contributed by atoms with E-state index in [1.54, 1.807) is 18.5 Å². The molecule has 28 heavy (non-hydrogen) atoms. The Kier molecular flexibility index (Phi) is 5.55. The molecular weight excluding hydrogens is 378 g/mol. The average Bonchev–Trinajstić information content (AvgIpc) is 3.35. The number of carbonyl (C=O) groups is 1. The van der Waals surface area contributed by atoms with Crippen molar-refractivity contribution in [3.05, 3.63) is 66.2 Å². The second kappa shape index (κ2) is 8.41. The Bertz CT molecular complexity index is 930. The van der Waals surface area contributed by atoms with Gasteiger partial charge in [-0.1, -0.05) is 17.7 Å². The van der Waals surface area contributed by atoms with Crippen LogP contribution in [0.4, 0.5) is 5.69 Å². The molecule has 0 radical (unpaired) electrons. The van der Waals surface area contributed by atoms with Gasteiger partial charge in [0.1, 0.15) is 24.2 Å². The maximum atomic E-state index is 12.3. The number of halogens is 1. The van der Waals surface area contributed by atoms with Crippen molar-refractivity contribution in [1.29, 1.82) is 0 Å². The van der Waals surface area contributed by atoms with Crippen LogP contribution in [0.5, 0.6) is 11.5 Å². The topological polar surface area (TPSA) is 72.3 Å². The molecule has 1 N–H and O–H groups in total. The van der Waals surface area contributed by atoms with Crippen molar-refractivity contribution in [2.75, 3.05) is 25.0 Å². The third-order valence-corrected chi connectivity index (χ3v) is 4.83. The van der Waals surface area contributed by atoms with Gasteiger partial charge in [-0.15, -0.1) is 0 Å². The highest BCUT2D eigenvalue weighted by molar-refractivity contribution is 6.30. The van der Waals surface area contributed by atoms with Gasteiger partial charge in [0.2, 0.25) is 5.91 Å². The van der Waals surface area contributed by atoms with Crippen LogP contribution in [-0.2, 0) is 4.79 Å². The number of benzene rings is 2. The number of hydrogen-bond donors (Lipinski definition) is 1. The van der Waals surface area contributed by atoms with Crippen LogP contribution in [0.2, 0.25) is 5.02 Å². The first-order valence-corrected chi connectivity index (χ1v) is 9.43. The van der Waals surface area contributed by atoms with Crippen molar-refractivity contribution in [3.8, 4) is 11.5 Å². The van der Waals surface area contributed by atoms with E-state index in [-0.39, 0.29) is 11.9 Å². The van der Waals surface area contributed by atoms with Crippen LogP contribution in [0.3, 0.4) is 0 Å². The number of anilines is 1. The van der Waals surface area contributed by atoms with Gasteiger partial charge in [0.25, 0.3) is 0 Å². The monoisotopic (exact) mass is 397 g/mol. The molecule has 2 aromatic carbocycles. The van der Waals surface area contributed by atoms with Gasteiger partial charge in [-0.05, 0) is 48.9 Å². The summed E-state index contributed by atoms with van der Waals surface area (Å²) in [6.07, 6.45) is 4.22. The predicted octanol–water partition coefficient (Wildman–Crippen LogP) is 3.61. The molecule has 0 unspecified atom stereocenters. The zero-order valence-corrected chi connectivity index (χ0v) is 15.9. The lowest BCUT2D eigenvalue weighted by Gasteiger charge is -2.16. The molecule has 1 aliphatic rings. The minimum atomic E-state index is -0.0391.